The molecule has 0 saturated heterocycles. The minimum atomic E-state index is -0.178. The molecule has 6 heteroatoms. The van der Waals surface area contributed by atoms with Crippen molar-refractivity contribution in [3.63, 3.8) is 0 Å². The van der Waals surface area contributed by atoms with Crippen LogP contribution in [0, 0.1) is 6.92 Å². The molecule has 0 amide bonds. The molecule has 3 N–H and O–H groups in total. The van der Waals surface area contributed by atoms with Crippen molar-refractivity contribution in [1.29, 1.82) is 0 Å². The number of rotatable bonds is 3. The summed E-state index contributed by atoms with van der Waals surface area (Å²) >= 11 is 0. The summed E-state index contributed by atoms with van der Waals surface area (Å²) in [5.74, 6) is 5.56. The lowest BCUT2D eigenvalue weighted by Crippen LogP contribution is -2.29. The molecule has 84 valence electrons. The largest absolute Gasteiger partial charge is 0.273 e. The molecular formula is C10H14N6. The van der Waals surface area contributed by atoms with Gasteiger partial charge >= 0.3 is 0 Å². The Bertz CT molecular complexity index is 463. The van der Waals surface area contributed by atoms with Crippen LogP contribution in [0.5, 0.6) is 0 Å². The summed E-state index contributed by atoms with van der Waals surface area (Å²) in [6.07, 6.45) is 6.75. The molecule has 0 spiro atoms. The molecule has 0 aromatic carbocycles. The Morgan fingerprint density at radius 2 is 2.19 bits per heavy atom. The summed E-state index contributed by atoms with van der Waals surface area (Å²) in [6.45, 7) is 1.99. The van der Waals surface area contributed by atoms with E-state index in [9.17, 15) is 0 Å². The van der Waals surface area contributed by atoms with Gasteiger partial charge in [0.1, 0.15) is 0 Å². The summed E-state index contributed by atoms with van der Waals surface area (Å²) in [5.41, 5.74) is 5.57. The third-order valence-corrected chi connectivity index (χ3v) is 2.63. The van der Waals surface area contributed by atoms with Crippen molar-refractivity contribution in [3.8, 4) is 0 Å². The second-order valence-corrected chi connectivity index (χ2v) is 3.54. The lowest BCUT2D eigenvalue weighted by atomic mass is 10.1. The zero-order chi connectivity index (χ0) is 11.5. The van der Waals surface area contributed by atoms with Crippen LogP contribution in [0.4, 0.5) is 0 Å². The number of nitrogens with one attached hydrogen (secondary N) is 1. The van der Waals surface area contributed by atoms with E-state index in [4.69, 9.17) is 5.84 Å². The highest BCUT2D eigenvalue weighted by molar-refractivity contribution is 5.27. The molecule has 0 aliphatic rings. The number of aromatic nitrogens is 4. The fraction of sp³-hybridized carbons (Fsp3) is 0.300. The number of hydrogen-bond acceptors (Lipinski definition) is 5. The average Bonchev–Trinajstić information content (AvgIpc) is 2.64. The normalized spacial score (nSPS) is 12.7. The molecule has 0 radical (unpaired) electrons. The Morgan fingerprint density at radius 3 is 2.69 bits per heavy atom. The van der Waals surface area contributed by atoms with E-state index in [0.717, 1.165) is 17.0 Å². The van der Waals surface area contributed by atoms with E-state index >= 15 is 0 Å². The number of nitrogens with zero attached hydrogens (tertiary/aromatic N) is 4. The van der Waals surface area contributed by atoms with Gasteiger partial charge in [0.05, 0.1) is 24.1 Å². The molecule has 0 fully saturated rings. The molecule has 1 unspecified atom stereocenters. The topological polar surface area (TPSA) is 81.7 Å². The molecule has 2 aromatic heterocycles. The monoisotopic (exact) mass is 218 g/mol. The Labute approximate surface area is 93.5 Å². The van der Waals surface area contributed by atoms with E-state index in [1.54, 1.807) is 29.5 Å². The van der Waals surface area contributed by atoms with Crippen LogP contribution in [0.1, 0.15) is 23.0 Å². The van der Waals surface area contributed by atoms with Crippen LogP contribution in [0.3, 0.4) is 0 Å². The fourth-order valence-corrected chi connectivity index (χ4v) is 1.59. The summed E-state index contributed by atoms with van der Waals surface area (Å²) in [7, 11) is 1.89. The maximum atomic E-state index is 5.56. The standard InChI is InChI=1S/C10H14N6/c1-7-8(5-14-16(7)2)10(15-11)9-6-12-3-4-13-9/h3-6,10,15H,11H2,1-2H3. The van der Waals surface area contributed by atoms with Crippen LogP contribution in [0.2, 0.25) is 0 Å². The maximum absolute atomic E-state index is 5.56. The van der Waals surface area contributed by atoms with Gasteiger partial charge in [-0.1, -0.05) is 0 Å². The van der Waals surface area contributed by atoms with Crippen LogP contribution >= 0.6 is 0 Å². The van der Waals surface area contributed by atoms with Gasteiger partial charge < -0.3 is 0 Å². The lowest BCUT2D eigenvalue weighted by Gasteiger charge is -2.14. The first-order chi connectivity index (χ1) is 7.74. The molecule has 0 aliphatic carbocycles. The highest BCUT2D eigenvalue weighted by Crippen LogP contribution is 2.21. The summed E-state index contributed by atoms with van der Waals surface area (Å²) in [5, 5.41) is 4.18. The molecule has 0 bridgehead atoms. The molecule has 0 saturated carbocycles. The molecule has 6 nitrogen and oxygen atoms in total. The summed E-state index contributed by atoms with van der Waals surface area (Å²) in [4.78, 5) is 8.26. The van der Waals surface area contributed by atoms with E-state index < -0.39 is 0 Å². The molecule has 16 heavy (non-hydrogen) atoms. The molecular weight excluding hydrogens is 204 g/mol. The van der Waals surface area contributed by atoms with Crippen molar-refractivity contribution in [2.75, 3.05) is 0 Å². The molecule has 2 heterocycles. The number of nitrogens with two attached hydrogens (primary N) is 1. The van der Waals surface area contributed by atoms with Gasteiger partial charge in [0.2, 0.25) is 0 Å². The Kier molecular flexibility index (Phi) is 2.93. The van der Waals surface area contributed by atoms with Gasteiger partial charge in [0, 0.05) is 30.7 Å². The first kappa shape index (κ1) is 10.7. The van der Waals surface area contributed by atoms with Crippen molar-refractivity contribution in [3.05, 3.63) is 41.7 Å². The van der Waals surface area contributed by atoms with Crippen molar-refractivity contribution >= 4 is 0 Å². The summed E-state index contributed by atoms with van der Waals surface area (Å²) < 4.78 is 1.80. The minimum absolute atomic E-state index is 0.178. The molecule has 0 aliphatic heterocycles. The van der Waals surface area contributed by atoms with E-state index in [1.807, 2.05) is 14.0 Å². The van der Waals surface area contributed by atoms with Gasteiger partial charge in [-0.2, -0.15) is 5.10 Å². The number of aryl methyl sites for hydroxylation is 1. The van der Waals surface area contributed by atoms with Gasteiger partial charge in [-0.15, -0.1) is 0 Å². The lowest BCUT2D eigenvalue weighted by molar-refractivity contribution is 0.612. The molecule has 1 atom stereocenters. The second kappa shape index (κ2) is 4.38. The Balaban J connectivity index is 2.41. The van der Waals surface area contributed by atoms with Crippen molar-refractivity contribution < 1.29 is 0 Å². The smallest absolute Gasteiger partial charge is 0.0929 e. The average molecular weight is 218 g/mol. The first-order valence-corrected chi connectivity index (χ1v) is 4.94. The highest BCUT2D eigenvalue weighted by Gasteiger charge is 2.18. The van der Waals surface area contributed by atoms with Gasteiger partial charge in [-0.3, -0.25) is 20.5 Å². The predicted octanol–water partition coefficient (Wildman–Crippen LogP) is 0.0712. The first-order valence-electron chi connectivity index (χ1n) is 4.94. The number of hydrazine groups is 1. The number of hydrogen-bond donors (Lipinski definition) is 2. The van der Waals surface area contributed by atoms with Gasteiger partial charge in [-0.05, 0) is 6.92 Å². The van der Waals surface area contributed by atoms with E-state index in [0.29, 0.717) is 0 Å². The van der Waals surface area contributed by atoms with Crippen LogP contribution in [-0.4, -0.2) is 19.7 Å². The fourth-order valence-electron chi connectivity index (χ4n) is 1.59. The highest BCUT2D eigenvalue weighted by atomic mass is 15.3. The van der Waals surface area contributed by atoms with Gasteiger partial charge in [-0.25, -0.2) is 5.43 Å². The third-order valence-electron chi connectivity index (χ3n) is 2.63. The zero-order valence-electron chi connectivity index (χ0n) is 9.25. The summed E-state index contributed by atoms with van der Waals surface area (Å²) in [6, 6.07) is -0.178. The van der Waals surface area contributed by atoms with Crippen LogP contribution in [-0.2, 0) is 7.05 Å². The van der Waals surface area contributed by atoms with Gasteiger partial charge in [0.25, 0.3) is 0 Å². The molecule has 2 rings (SSSR count). The second-order valence-electron chi connectivity index (χ2n) is 3.54. The maximum Gasteiger partial charge on any atom is 0.0929 e. The van der Waals surface area contributed by atoms with Crippen LogP contribution in [0.25, 0.3) is 0 Å². The van der Waals surface area contributed by atoms with Crippen molar-refractivity contribution in [1.82, 2.24) is 25.2 Å². The van der Waals surface area contributed by atoms with E-state index in [1.165, 1.54) is 0 Å². The van der Waals surface area contributed by atoms with Gasteiger partial charge in [0.15, 0.2) is 0 Å². The SMILES string of the molecule is Cc1c(C(NN)c2cnccn2)cnn1C. The zero-order valence-corrected chi connectivity index (χ0v) is 9.25. The van der Waals surface area contributed by atoms with E-state index in [2.05, 4.69) is 20.5 Å². The predicted molar refractivity (Wildman–Crippen MR) is 59.1 cm³/mol. The minimum Gasteiger partial charge on any atom is -0.273 e. The molecule has 2 aromatic rings. The van der Waals surface area contributed by atoms with E-state index in [-0.39, 0.29) is 6.04 Å². The van der Waals surface area contributed by atoms with Crippen LogP contribution < -0.4 is 11.3 Å². The Hall–Kier alpha value is -1.79. The Morgan fingerprint density at radius 1 is 1.38 bits per heavy atom. The van der Waals surface area contributed by atoms with Crippen molar-refractivity contribution in [2.24, 2.45) is 12.9 Å². The third kappa shape index (κ3) is 1.80. The van der Waals surface area contributed by atoms with Crippen molar-refractivity contribution in [2.45, 2.75) is 13.0 Å². The quantitative estimate of drug-likeness (QED) is 0.563. The van der Waals surface area contributed by atoms with Crippen LogP contribution in [0.15, 0.2) is 24.8 Å².